The highest BCUT2D eigenvalue weighted by atomic mass is 79.9. The Morgan fingerprint density at radius 1 is 1.42 bits per heavy atom. The van der Waals surface area contributed by atoms with Crippen molar-refractivity contribution in [2.45, 2.75) is 31.8 Å². The van der Waals surface area contributed by atoms with Gasteiger partial charge in [-0.3, -0.25) is 9.59 Å². The standard InChI is InChI=1S/C13H17BrN2O3/c1-16-7-10(14)11(6-12(16)17)19-9-4-2-8(3-5-9)13(15)18/h6-9H,2-5H2,1H3,(H2,15,18). The first-order valence-corrected chi connectivity index (χ1v) is 7.09. The van der Waals surface area contributed by atoms with Gasteiger partial charge in [0.25, 0.3) is 5.56 Å². The normalized spacial score (nSPS) is 23.1. The molecule has 1 aliphatic rings. The number of ether oxygens (including phenoxy) is 1. The predicted molar refractivity (Wildman–Crippen MR) is 75.0 cm³/mol. The lowest BCUT2D eigenvalue weighted by atomic mass is 9.87. The van der Waals surface area contributed by atoms with E-state index in [2.05, 4.69) is 15.9 Å². The Bertz CT molecular complexity index is 533. The topological polar surface area (TPSA) is 74.3 Å². The highest BCUT2D eigenvalue weighted by Crippen LogP contribution is 2.30. The third kappa shape index (κ3) is 3.37. The van der Waals surface area contributed by atoms with Crippen molar-refractivity contribution < 1.29 is 9.53 Å². The number of carbonyl (C=O) groups excluding carboxylic acids is 1. The fourth-order valence-corrected chi connectivity index (χ4v) is 2.83. The summed E-state index contributed by atoms with van der Waals surface area (Å²) < 4.78 is 8.08. The number of hydrogen-bond donors (Lipinski definition) is 1. The van der Waals surface area contributed by atoms with Crippen LogP contribution in [0.2, 0.25) is 0 Å². The van der Waals surface area contributed by atoms with E-state index in [0.717, 1.165) is 30.2 Å². The fourth-order valence-electron chi connectivity index (χ4n) is 2.32. The molecule has 0 bridgehead atoms. The van der Waals surface area contributed by atoms with Crippen LogP contribution in [0.3, 0.4) is 0 Å². The van der Waals surface area contributed by atoms with Crippen LogP contribution >= 0.6 is 15.9 Å². The number of nitrogens with zero attached hydrogens (tertiary/aromatic N) is 1. The molecule has 1 amide bonds. The average molecular weight is 329 g/mol. The molecule has 6 heteroatoms. The van der Waals surface area contributed by atoms with Gasteiger partial charge in [-0.2, -0.15) is 0 Å². The summed E-state index contributed by atoms with van der Waals surface area (Å²) in [4.78, 5) is 22.7. The van der Waals surface area contributed by atoms with E-state index in [0.29, 0.717) is 5.75 Å². The van der Waals surface area contributed by atoms with Gasteiger partial charge < -0.3 is 15.0 Å². The molecule has 1 heterocycles. The Morgan fingerprint density at radius 3 is 2.63 bits per heavy atom. The molecule has 104 valence electrons. The second-order valence-electron chi connectivity index (χ2n) is 4.93. The lowest BCUT2D eigenvalue weighted by Crippen LogP contribution is -2.31. The molecule has 5 nitrogen and oxygen atoms in total. The maximum Gasteiger partial charge on any atom is 0.254 e. The van der Waals surface area contributed by atoms with Gasteiger partial charge >= 0.3 is 0 Å². The Balaban J connectivity index is 2.02. The lowest BCUT2D eigenvalue weighted by molar-refractivity contribution is -0.123. The van der Waals surface area contributed by atoms with Crippen LogP contribution in [-0.4, -0.2) is 16.6 Å². The summed E-state index contributed by atoms with van der Waals surface area (Å²) in [5, 5.41) is 0. The molecule has 2 rings (SSSR count). The number of aryl methyl sites for hydroxylation is 1. The zero-order chi connectivity index (χ0) is 14.0. The minimum absolute atomic E-state index is 0.0352. The average Bonchev–Trinajstić information content (AvgIpc) is 2.36. The van der Waals surface area contributed by atoms with Crippen LogP contribution in [0.1, 0.15) is 25.7 Å². The van der Waals surface area contributed by atoms with E-state index in [1.807, 2.05) is 0 Å². The van der Waals surface area contributed by atoms with Crippen molar-refractivity contribution in [2.24, 2.45) is 18.7 Å². The smallest absolute Gasteiger partial charge is 0.254 e. The van der Waals surface area contributed by atoms with Crippen molar-refractivity contribution in [1.82, 2.24) is 4.57 Å². The molecule has 0 spiro atoms. The van der Waals surface area contributed by atoms with Crippen molar-refractivity contribution >= 4 is 21.8 Å². The highest BCUT2D eigenvalue weighted by Gasteiger charge is 2.26. The zero-order valence-corrected chi connectivity index (χ0v) is 12.4. The first kappa shape index (κ1) is 14.1. The van der Waals surface area contributed by atoms with Gasteiger partial charge in [0.05, 0.1) is 10.6 Å². The molecule has 0 atom stereocenters. The van der Waals surface area contributed by atoms with Gasteiger partial charge in [0, 0.05) is 25.2 Å². The SMILES string of the molecule is Cn1cc(Br)c(OC2CCC(C(N)=O)CC2)cc1=O. The summed E-state index contributed by atoms with van der Waals surface area (Å²) in [6.45, 7) is 0. The summed E-state index contributed by atoms with van der Waals surface area (Å²) in [7, 11) is 1.69. The third-order valence-corrected chi connectivity index (χ3v) is 4.11. The largest absolute Gasteiger partial charge is 0.489 e. The summed E-state index contributed by atoms with van der Waals surface area (Å²) in [5.41, 5.74) is 5.19. The van der Waals surface area contributed by atoms with Crippen molar-refractivity contribution in [3.05, 3.63) is 27.1 Å². The summed E-state index contributed by atoms with van der Waals surface area (Å²) in [6.07, 6.45) is 4.81. The van der Waals surface area contributed by atoms with Crippen LogP contribution in [0, 0.1) is 5.92 Å². The second-order valence-corrected chi connectivity index (χ2v) is 5.78. The zero-order valence-electron chi connectivity index (χ0n) is 10.8. The maximum absolute atomic E-state index is 11.6. The van der Waals surface area contributed by atoms with Crippen molar-refractivity contribution in [3.63, 3.8) is 0 Å². The number of primary amides is 1. The summed E-state index contributed by atoms with van der Waals surface area (Å²) in [5.74, 6) is 0.297. The number of hydrogen-bond acceptors (Lipinski definition) is 3. The molecule has 1 aliphatic carbocycles. The minimum Gasteiger partial charge on any atom is -0.489 e. The molecule has 2 N–H and O–H groups in total. The van der Waals surface area contributed by atoms with E-state index in [9.17, 15) is 9.59 Å². The molecule has 0 radical (unpaired) electrons. The first-order chi connectivity index (χ1) is 8.97. The number of carbonyl (C=O) groups is 1. The molecule has 1 fully saturated rings. The van der Waals surface area contributed by atoms with Crippen LogP contribution in [0.5, 0.6) is 5.75 Å². The maximum atomic E-state index is 11.6. The van der Waals surface area contributed by atoms with E-state index in [4.69, 9.17) is 10.5 Å². The Morgan fingerprint density at radius 2 is 2.05 bits per heavy atom. The number of pyridine rings is 1. The van der Waals surface area contributed by atoms with Gasteiger partial charge in [0.1, 0.15) is 5.75 Å². The number of nitrogens with two attached hydrogens (primary N) is 1. The molecule has 1 saturated carbocycles. The van der Waals surface area contributed by atoms with Crippen molar-refractivity contribution in [2.75, 3.05) is 0 Å². The number of amides is 1. The van der Waals surface area contributed by atoms with Gasteiger partial charge in [-0.15, -0.1) is 0 Å². The van der Waals surface area contributed by atoms with Crippen molar-refractivity contribution in [3.8, 4) is 5.75 Å². The van der Waals surface area contributed by atoms with E-state index in [1.165, 1.54) is 10.6 Å². The molecule has 1 aromatic heterocycles. The van der Waals surface area contributed by atoms with Crippen LogP contribution in [-0.2, 0) is 11.8 Å². The van der Waals surface area contributed by atoms with Gasteiger partial charge in [0.2, 0.25) is 5.91 Å². The Labute approximate surface area is 119 Å². The molecule has 0 saturated heterocycles. The van der Waals surface area contributed by atoms with Crippen LogP contribution in [0.4, 0.5) is 0 Å². The van der Waals surface area contributed by atoms with Crippen LogP contribution in [0.25, 0.3) is 0 Å². The van der Waals surface area contributed by atoms with E-state index in [-0.39, 0.29) is 23.5 Å². The highest BCUT2D eigenvalue weighted by molar-refractivity contribution is 9.10. The molecular formula is C13H17BrN2O3. The minimum atomic E-state index is -0.229. The second kappa shape index (κ2) is 5.77. The summed E-state index contributed by atoms with van der Waals surface area (Å²) >= 11 is 3.38. The van der Waals surface area contributed by atoms with E-state index < -0.39 is 0 Å². The lowest BCUT2D eigenvalue weighted by Gasteiger charge is -2.27. The molecule has 19 heavy (non-hydrogen) atoms. The first-order valence-electron chi connectivity index (χ1n) is 6.29. The van der Waals surface area contributed by atoms with Gasteiger partial charge in [-0.1, -0.05) is 0 Å². The third-order valence-electron chi connectivity index (χ3n) is 3.51. The van der Waals surface area contributed by atoms with E-state index in [1.54, 1.807) is 13.2 Å². The van der Waals surface area contributed by atoms with Gasteiger partial charge in [-0.05, 0) is 41.6 Å². The number of halogens is 1. The van der Waals surface area contributed by atoms with Crippen molar-refractivity contribution in [1.29, 1.82) is 0 Å². The molecule has 0 aliphatic heterocycles. The quantitative estimate of drug-likeness (QED) is 0.915. The van der Waals surface area contributed by atoms with Gasteiger partial charge in [0.15, 0.2) is 0 Å². The Hall–Kier alpha value is -1.30. The Kier molecular flexibility index (Phi) is 4.29. The predicted octanol–water partition coefficient (Wildman–Crippen LogP) is 1.57. The van der Waals surface area contributed by atoms with Crippen LogP contribution in [0.15, 0.2) is 21.5 Å². The molecular weight excluding hydrogens is 312 g/mol. The molecule has 0 aromatic carbocycles. The van der Waals surface area contributed by atoms with Gasteiger partial charge in [-0.25, -0.2) is 0 Å². The number of rotatable bonds is 3. The fraction of sp³-hybridized carbons (Fsp3) is 0.538. The number of aromatic nitrogens is 1. The molecule has 0 unspecified atom stereocenters. The van der Waals surface area contributed by atoms with E-state index >= 15 is 0 Å². The molecule has 1 aromatic rings. The monoisotopic (exact) mass is 328 g/mol. The van der Waals surface area contributed by atoms with Crippen LogP contribution < -0.4 is 16.0 Å². The summed E-state index contributed by atoms with van der Waals surface area (Å²) in [6, 6.07) is 1.48.